The van der Waals surface area contributed by atoms with Gasteiger partial charge < -0.3 is 4.90 Å². The maximum Gasteiger partial charge on any atom is 0.0139 e. The summed E-state index contributed by atoms with van der Waals surface area (Å²) in [6.07, 6.45) is 3.00. The Morgan fingerprint density at radius 1 is 1.58 bits per heavy atom. The molecule has 1 heterocycles. The fourth-order valence-corrected chi connectivity index (χ4v) is 1.49. The first-order chi connectivity index (χ1) is 5.42. The summed E-state index contributed by atoms with van der Waals surface area (Å²) < 4.78 is 0. The molecule has 1 aromatic rings. The normalized spacial score (nSPS) is 13.5. The molecule has 0 spiro atoms. The van der Waals surface area contributed by atoms with Crippen LogP contribution in [0.15, 0.2) is 31.0 Å². The minimum Gasteiger partial charge on any atom is -0.372 e. The summed E-state index contributed by atoms with van der Waals surface area (Å²) in [4.78, 5) is 2.17. The molecule has 1 radical (unpaired) electrons. The van der Waals surface area contributed by atoms with Crippen molar-refractivity contribution in [2.45, 2.75) is 6.42 Å². The minimum absolute atomic E-state index is 0. The molecule has 1 aliphatic rings. The third kappa shape index (κ3) is 1.62. The van der Waals surface area contributed by atoms with E-state index < -0.39 is 0 Å². The summed E-state index contributed by atoms with van der Waals surface area (Å²) >= 11 is 0. The Bertz CT molecular complexity index is 283. The molecule has 0 unspecified atom stereocenters. The van der Waals surface area contributed by atoms with Crippen molar-refractivity contribution in [3.63, 3.8) is 0 Å². The van der Waals surface area contributed by atoms with Crippen molar-refractivity contribution in [3.05, 3.63) is 42.6 Å². The summed E-state index contributed by atoms with van der Waals surface area (Å²) in [5.41, 5.74) is 2.67. The van der Waals surface area contributed by atoms with Gasteiger partial charge in [-0.05, 0) is 6.20 Å². The molecular weight excluding hydrogens is 223 g/mol. The van der Waals surface area contributed by atoms with Gasteiger partial charge in [0.15, 0.2) is 0 Å². The van der Waals surface area contributed by atoms with Gasteiger partial charge in [0.1, 0.15) is 0 Å². The van der Waals surface area contributed by atoms with Crippen molar-refractivity contribution in [3.8, 4) is 0 Å². The Morgan fingerprint density at radius 3 is 3.17 bits per heavy atom. The van der Waals surface area contributed by atoms with E-state index in [0.717, 1.165) is 13.0 Å². The van der Waals surface area contributed by atoms with Gasteiger partial charge in [-0.2, -0.15) is 18.2 Å². The van der Waals surface area contributed by atoms with Crippen LogP contribution in [0.2, 0.25) is 0 Å². The summed E-state index contributed by atoms with van der Waals surface area (Å²) in [5.74, 6) is 0. The van der Waals surface area contributed by atoms with E-state index in [2.05, 4.69) is 29.7 Å². The number of hydrogen-bond acceptors (Lipinski definition) is 1. The zero-order valence-electron chi connectivity index (χ0n) is 6.96. The van der Waals surface area contributed by atoms with Gasteiger partial charge in [-0.1, -0.05) is 18.7 Å². The van der Waals surface area contributed by atoms with Crippen LogP contribution in [0.1, 0.15) is 5.56 Å². The average molecular weight is 233 g/mol. The monoisotopic (exact) mass is 233 g/mol. The molecule has 0 saturated heterocycles. The second-order valence-corrected chi connectivity index (χ2v) is 2.68. The molecule has 0 amide bonds. The second-order valence-electron chi connectivity index (χ2n) is 2.68. The maximum absolute atomic E-state index is 3.76. The summed E-state index contributed by atoms with van der Waals surface area (Å²) in [7, 11) is 0. The van der Waals surface area contributed by atoms with Crippen LogP contribution in [-0.4, -0.2) is 6.54 Å². The molecular formula is C10H10NY-. The fourth-order valence-electron chi connectivity index (χ4n) is 1.49. The third-order valence-corrected chi connectivity index (χ3v) is 2.08. The minimum atomic E-state index is 0. The molecule has 1 nitrogen and oxygen atoms in total. The van der Waals surface area contributed by atoms with Crippen LogP contribution >= 0.6 is 0 Å². The maximum atomic E-state index is 3.76. The number of benzene rings is 1. The first kappa shape index (κ1) is 9.95. The van der Waals surface area contributed by atoms with Crippen molar-refractivity contribution in [2.24, 2.45) is 0 Å². The van der Waals surface area contributed by atoms with Gasteiger partial charge in [-0.3, -0.25) is 0 Å². The van der Waals surface area contributed by atoms with Crippen LogP contribution in [0, 0.1) is 6.07 Å². The van der Waals surface area contributed by atoms with Crippen LogP contribution in [-0.2, 0) is 39.1 Å². The molecule has 0 N–H and O–H groups in total. The van der Waals surface area contributed by atoms with Crippen LogP contribution < -0.4 is 4.90 Å². The van der Waals surface area contributed by atoms with E-state index in [-0.39, 0.29) is 32.7 Å². The van der Waals surface area contributed by atoms with E-state index in [0.29, 0.717) is 0 Å². The molecule has 2 rings (SSSR count). The van der Waals surface area contributed by atoms with Gasteiger partial charge in [0.05, 0.1) is 0 Å². The first-order valence-electron chi connectivity index (χ1n) is 3.80. The van der Waals surface area contributed by atoms with Crippen LogP contribution in [0.3, 0.4) is 0 Å². The number of hydrogen-bond donors (Lipinski definition) is 0. The molecule has 0 atom stereocenters. The SMILES string of the molecule is C=CN1CCc2c[c-]ccc21.[Y]. The van der Waals surface area contributed by atoms with E-state index in [1.807, 2.05) is 12.3 Å². The van der Waals surface area contributed by atoms with Crippen molar-refractivity contribution in [2.75, 3.05) is 11.4 Å². The van der Waals surface area contributed by atoms with Crippen molar-refractivity contribution < 1.29 is 32.7 Å². The van der Waals surface area contributed by atoms with E-state index in [1.54, 1.807) is 0 Å². The molecule has 0 saturated carbocycles. The zero-order valence-corrected chi connectivity index (χ0v) is 9.79. The van der Waals surface area contributed by atoms with E-state index in [1.165, 1.54) is 11.3 Å². The predicted octanol–water partition coefficient (Wildman–Crippen LogP) is 1.99. The molecule has 2 heteroatoms. The van der Waals surface area contributed by atoms with Crippen LogP contribution in [0.25, 0.3) is 0 Å². The van der Waals surface area contributed by atoms with Crippen LogP contribution in [0.5, 0.6) is 0 Å². The number of fused-ring (bicyclic) bond motifs is 1. The summed E-state index contributed by atoms with van der Waals surface area (Å²) in [6, 6.07) is 9.16. The quantitative estimate of drug-likeness (QED) is 0.670. The third-order valence-electron chi connectivity index (χ3n) is 2.08. The van der Waals surface area contributed by atoms with E-state index >= 15 is 0 Å². The fraction of sp³-hybridized carbons (Fsp3) is 0.200. The Hall–Kier alpha value is -0.136. The molecule has 0 bridgehead atoms. The zero-order chi connectivity index (χ0) is 7.68. The largest absolute Gasteiger partial charge is 0.372 e. The summed E-state index contributed by atoms with van der Waals surface area (Å²) in [5, 5.41) is 0. The molecule has 0 aliphatic carbocycles. The smallest absolute Gasteiger partial charge is 0.0139 e. The number of rotatable bonds is 1. The van der Waals surface area contributed by atoms with Gasteiger partial charge in [0.2, 0.25) is 0 Å². The van der Waals surface area contributed by atoms with Gasteiger partial charge in [0, 0.05) is 39.3 Å². The van der Waals surface area contributed by atoms with E-state index in [9.17, 15) is 0 Å². The Kier molecular flexibility index (Phi) is 3.48. The molecule has 0 fully saturated rings. The van der Waals surface area contributed by atoms with Crippen molar-refractivity contribution in [1.29, 1.82) is 0 Å². The van der Waals surface area contributed by atoms with Gasteiger partial charge in [-0.15, -0.1) is 11.6 Å². The van der Waals surface area contributed by atoms with Crippen molar-refractivity contribution >= 4 is 5.69 Å². The van der Waals surface area contributed by atoms with Crippen LogP contribution in [0.4, 0.5) is 5.69 Å². The Morgan fingerprint density at radius 2 is 2.42 bits per heavy atom. The molecule has 12 heavy (non-hydrogen) atoms. The molecule has 1 aliphatic heterocycles. The second kappa shape index (κ2) is 4.20. The Balaban J connectivity index is 0.000000720. The van der Waals surface area contributed by atoms with Gasteiger partial charge in [-0.25, -0.2) is 0 Å². The topological polar surface area (TPSA) is 3.24 Å². The number of anilines is 1. The standard InChI is InChI=1S/C10H10N.Y/c1-2-11-8-7-9-5-3-4-6-10(9)11;/h2,4-6H,1,7-8H2;/q-1;. The number of nitrogens with zero attached hydrogens (tertiary/aromatic N) is 1. The predicted molar refractivity (Wildman–Crippen MR) is 46.5 cm³/mol. The Labute approximate surface area is 98.3 Å². The van der Waals surface area contributed by atoms with Crippen molar-refractivity contribution in [1.82, 2.24) is 0 Å². The first-order valence-corrected chi connectivity index (χ1v) is 3.80. The molecule has 59 valence electrons. The summed E-state index contributed by atoms with van der Waals surface area (Å²) in [6.45, 7) is 4.82. The van der Waals surface area contributed by atoms with Gasteiger partial charge >= 0.3 is 0 Å². The molecule has 0 aromatic heterocycles. The van der Waals surface area contributed by atoms with Gasteiger partial charge in [0.25, 0.3) is 0 Å². The molecule has 1 aromatic carbocycles. The average Bonchev–Trinajstić information content (AvgIpc) is 2.47. The van der Waals surface area contributed by atoms with E-state index in [4.69, 9.17) is 0 Å².